The molecule has 0 bridgehead atoms. The Kier molecular flexibility index (Phi) is 7.94. The Balaban J connectivity index is 1.53. The van der Waals surface area contributed by atoms with Gasteiger partial charge >= 0.3 is 0 Å². The lowest BCUT2D eigenvalue weighted by Gasteiger charge is -2.26. The van der Waals surface area contributed by atoms with Gasteiger partial charge in [0, 0.05) is 5.69 Å². The van der Waals surface area contributed by atoms with Gasteiger partial charge in [0.25, 0.3) is 0 Å². The molecule has 2 aromatic rings. The molecule has 8 heteroatoms. The van der Waals surface area contributed by atoms with Crippen molar-refractivity contribution in [2.24, 2.45) is 5.92 Å². The van der Waals surface area contributed by atoms with E-state index >= 15 is 0 Å². The van der Waals surface area contributed by atoms with Crippen LogP contribution in [-0.2, 0) is 9.59 Å². The Morgan fingerprint density at radius 3 is 2.31 bits per heavy atom. The highest BCUT2D eigenvalue weighted by Crippen LogP contribution is 2.34. The molecule has 0 aliphatic carbocycles. The summed E-state index contributed by atoms with van der Waals surface area (Å²) < 4.78 is 16.4. The Labute approximate surface area is 188 Å². The van der Waals surface area contributed by atoms with Gasteiger partial charge in [-0.2, -0.15) is 0 Å². The number of methoxy groups -OCH3 is 1. The fraction of sp³-hybridized carbons (Fsp3) is 0.417. The SMILES string of the molecule is COc1ccc(NC(=O)CN(C)CC(=O)N[C@@H](c2ccc3c(c2)OCCO3)C(C)C)cc1. The fourth-order valence-electron chi connectivity index (χ4n) is 3.53. The first-order valence-corrected chi connectivity index (χ1v) is 10.7. The van der Waals surface area contributed by atoms with Gasteiger partial charge in [-0.3, -0.25) is 14.5 Å². The van der Waals surface area contributed by atoms with E-state index in [0.29, 0.717) is 24.7 Å². The van der Waals surface area contributed by atoms with E-state index in [1.165, 1.54) is 0 Å². The molecule has 32 heavy (non-hydrogen) atoms. The van der Waals surface area contributed by atoms with Crippen LogP contribution in [0.5, 0.6) is 17.2 Å². The van der Waals surface area contributed by atoms with Gasteiger partial charge in [-0.05, 0) is 54.9 Å². The van der Waals surface area contributed by atoms with E-state index in [4.69, 9.17) is 14.2 Å². The summed E-state index contributed by atoms with van der Waals surface area (Å²) in [7, 11) is 3.33. The van der Waals surface area contributed by atoms with Crippen LogP contribution < -0.4 is 24.8 Å². The Hall–Kier alpha value is -3.26. The van der Waals surface area contributed by atoms with Gasteiger partial charge in [-0.25, -0.2) is 0 Å². The molecule has 0 radical (unpaired) electrons. The van der Waals surface area contributed by atoms with Crippen LogP contribution >= 0.6 is 0 Å². The standard InChI is InChI=1S/C24H31N3O5/c1-16(2)24(17-5-10-20-21(13-17)32-12-11-31-20)26-23(29)15-27(3)14-22(28)25-18-6-8-19(30-4)9-7-18/h5-10,13,16,24H,11-12,14-15H2,1-4H3,(H,25,28)(H,26,29)/t24-/m1/s1. The Morgan fingerprint density at radius 2 is 1.66 bits per heavy atom. The minimum atomic E-state index is -0.197. The zero-order chi connectivity index (χ0) is 23.1. The van der Waals surface area contributed by atoms with Crippen molar-refractivity contribution in [2.75, 3.05) is 45.8 Å². The number of amides is 2. The average Bonchev–Trinajstić information content (AvgIpc) is 2.77. The maximum absolute atomic E-state index is 12.7. The summed E-state index contributed by atoms with van der Waals surface area (Å²) in [5, 5.41) is 5.90. The number of carbonyl (C=O) groups is 2. The lowest BCUT2D eigenvalue weighted by atomic mass is 9.95. The molecule has 0 aromatic heterocycles. The molecule has 2 amide bonds. The second-order valence-electron chi connectivity index (χ2n) is 8.14. The maximum Gasteiger partial charge on any atom is 0.238 e. The van der Waals surface area contributed by atoms with E-state index < -0.39 is 0 Å². The molecular weight excluding hydrogens is 410 g/mol. The van der Waals surface area contributed by atoms with Crippen LogP contribution in [0.25, 0.3) is 0 Å². The van der Waals surface area contributed by atoms with Crippen LogP contribution in [0.15, 0.2) is 42.5 Å². The summed E-state index contributed by atoms with van der Waals surface area (Å²) in [6, 6.07) is 12.7. The topological polar surface area (TPSA) is 89.1 Å². The summed E-state index contributed by atoms with van der Waals surface area (Å²) in [6.45, 7) is 5.34. The first-order chi connectivity index (χ1) is 15.4. The van der Waals surface area contributed by atoms with Crippen molar-refractivity contribution in [3.63, 3.8) is 0 Å². The zero-order valence-electron chi connectivity index (χ0n) is 19.0. The van der Waals surface area contributed by atoms with E-state index in [1.54, 1.807) is 43.3 Å². The van der Waals surface area contributed by atoms with E-state index in [-0.39, 0.29) is 36.9 Å². The number of nitrogens with zero attached hydrogens (tertiary/aromatic N) is 1. The van der Waals surface area contributed by atoms with Crippen molar-refractivity contribution >= 4 is 17.5 Å². The summed E-state index contributed by atoms with van der Waals surface area (Å²) in [6.07, 6.45) is 0. The zero-order valence-corrected chi connectivity index (χ0v) is 19.0. The molecule has 1 heterocycles. The quantitative estimate of drug-likeness (QED) is 0.622. The molecule has 1 atom stereocenters. The van der Waals surface area contributed by atoms with Gasteiger partial charge in [-0.1, -0.05) is 19.9 Å². The number of rotatable bonds is 9. The first kappa shape index (κ1) is 23.4. The summed E-state index contributed by atoms with van der Waals surface area (Å²) in [5.74, 6) is 1.95. The average molecular weight is 442 g/mol. The number of likely N-dealkylation sites (N-methyl/N-ethyl adjacent to an activating group) is 1. The largest absolute Gasteiger partial charge is 0.497 e. The first-order valence-electron chi connectivity index (χ1n) is 10.7. The maximum atomic E-state index is 12.7. The van der Waals surface area contributed by atoms with Crippen molar-refractivity contribution in [1.82, 2.24) is 10.2 Å². The molecule has 1 aliphatic rings. The van der Waals surface area contributed by atoms with Gasteiger partial charge in [-0.15, -0.1) is 0 Å². The van der Waals surface area contributed by atoms with Crippen molar-refractivity contribution in [2.45, 2.75) is 19.9 Å². The molecule has 1 aliphatic heterocycles. The smallest absolute Gasteiger partial charge is 0.238 e. The highest BCUT2D eigenvalue weighted by Gasteiger charge is 2.22. The number of ether oxygens (including phenoxy) is 3. The number of anilines is 1. The van der Waals surface area contributed by atoms with Gasteiger partial charge in [0.15, 0.2) is 11.5 Å². The summed E-state index contributed by atoms with van der Waals surface area (Å²) >= 11 is 0. The van der Waals surface area contributed by atoms with E-state index in [2.05, 4.69) is 10.6 Å². The van der Waals surface area contributed by atoms with E-state index in [9.17, 15) is 9.59 Å². The lowest BCUT2D eigenvalue weighted by molar-refractivity contribution is -0.123. The van der Waals surface area contributed by atoms with Crippen LogP contribution in [-0.4, -0.2) is 57.2 Å². The molecule has 8 nitrogen and oxygen atoms in total. The Morgan fingerprint density at radius 1 is 1.00 bits per heavy atom. The second-order valence-corrected chi connectivity index (χ2v) is 8.14. The molecule has 0 fully saturated rings. The van der Waals surface area contributed by atoms with Crippen LogP contribution in [0.4, 0.5) is 5.69 Å². The number of benzene rings is 2. The lowest BCUT2D eigenvalue weighted by Crippen LogP contribution is -2.41. The monoisotopic (exact) mass is 441 g/mol. The molecule has 172 valence electrons. The molecule has 0 spiro atoms. The number of carbonyl (C=O) groups excluding carboxylic acids is 2. The molecule has 2 N–H and O–H groups in total. The van der Waals surface area contributed by atoms with Crippen molar-refractivity contribution in [3.05, 3.63) is 48.0 Å². The Bertz CT molecular complexity index is 930. The predicted molar refractivity (Wildman–Crippen MR) is 122 cm³/mol. The van der Waals surface area contributed by atoms with Crippen molar-refractivity contribution < 1.29 is 23.8 Å². The third-order valence-corrected chi connectivity index (χ3v) is 5.11. The number of nitrogens with one attached hydrogen (secondary N) is 2. The molecule has 3 rings (SSSR count). The van der Waals surface area contributed by atoms with Crippen LogP contribution in [0, 0.1) is 5.92 Å². The van der Waals surface area contributed by atoms with E-state index in [0.717, 1.165) is 17.1 Å². The molecule has 2 aromatic carbocycles. The molecule has 0 saturated carbocycles. The fourth-order valence-corrected chi connectivity index (χ4v) is 3.53. The highest BCUT2D eigenvalue weighted by atomic mass is 16.6. The third-order valence-electron chi connectivity index (χ3n) is 5.11. The molecule has 0 unspecified atom stereocenters. The van der Waals surface area contributed by atoms with Crippen LogP contribution in [0.3, 0.4) is 0 Å². The van der Waals surface area contributed by atoms with Crippen LogP contribution in [0.1, 0.15) is 25.5 Å². The summed E-state index contributed by atoms with van der Waals surface area (Å²) in [5.41, 5.74) is 1.63. The third kappa shape index (κ3) is 6.37. The van der Waals surface area contributed by atoms with Gasteiger partial charge in [0.2, 0.25) is 11.8 Å². The number of hydrogen-bond donors (Lipinski definition) is 2. The van der Waals surface area contributed by atoms with Gasteiger partial charge < -0.3 is 24.8 Å². The molecular formula is C24H31N3O5. The number of hydrogen-bond acceptors (Lipinski definition) is 6. The van der Waals surface area contributed by atoms with Crippen molar-refractivity contribution in [1.29, 1.82) is 0 Å². The van der Waals surface area contributed by atoms with Crippen LogP contribution in [0.2, 0.25) is 0 Å². The van der Waals surface area contributed by atoms with E-state index in [1.807, 2.05) is 32.0 Å². The minimum Gasteiger partial charge on any atom is -0.497 e. The normalized spacial score (nSPS) is 13.6. The van der Waals surface area contributed by atoms with Gasteiger partial charge in [0.05, 0.1) is 26.2 Å². The van der Waals surface area contributed by atoms with Gasteiger partial charge in [0.1, 0.15) is 19.0 Å². The minimum absolute atomic E-state index is 0.0931. The second kappa shape index (κ2) is 10.9. The predicted octanol–water partition coefficient (Wildman–Crippen LogP) is 2.85. The van der Waals surface area contributed by atoms with Crippen molar-refractivity contribution in [3.8, 4) is 17.2 Å². The number of fused-ring (bicyclic) bond motifs is 1. The summed E-state index contributed by atoms with van der Waals surface area (Å²) in [4.78, 5) is 26.7. The molecule has 0 saturated heterocycles. The highest BCUT2D eigenvalue weighted by molar-refractivity contribution is 5.92.